The van der Waals surface area contributed by atoms with Crippen molar-refractivity contribution in [3.8, 4) is 0 Å². The van der Waals surface area contributed by atoms with E-state index < -0.39 is 23.7 Å². The number of piperidine rings is 1. The first kappa shape index (κ1) is 18.0. The smallest absolute Gasteiger partial charge is 0.411 e. The normalized spacial score (nSPS) is 23.3. The highest BCUT2D eigenvalue weighted by Crippen LogP contribution is 2.20. The van der Waals surface area contributed by atoms with Gasteiger partial charge in [-0.25, -0.2) is 9.59 Å². The lowest BCUT2D eigenvalue weighted by Crippen LogP contribution is -2.54. The van der Waals surface area contributed by atoms with Gasteiger partial charge in [-0.05, 0) is 33.6 Å². The predicted molar refractivity (Wildman–Crippen MR) is 73.2 cm³/mol. The molecule has 2 N–H and O–H groups in total. The van der Waals surface area contributed by atoms with Gasteiger partial charge in [-0.3, -0.25) is 4.90 Å². The minimum Gasteiger partial charge on any atom is -0.467 e. The number of carbonyl (C=O) groups excluding carboxylic acids is 2. The molecule has 0 spiro atoms. The number of hydrogen-bond acceptors (Lipinski definition) is 5. The average Bonchev–Trinajstić information content (AvgIpc) is 2.25. The first-order chi connectivity index (χ1) is 8.24. The molecular formula is C12H23ClN2O4. The topological polar surface area (TPSA) is 81.9 Å². The number of rotatable bonds is 1. The maximum atomic E-state index is 12.0. The van der Waals surface area contributed by atoms with E-state index in [0.717, 1.165) is 0 Å². The van der Waals surface area contributed by atoms with E-state index in [1.165, 1.54) is 12.0 Å². The van der Waals surface area contributed by atoms with Crippen LogP contribution < -0.4 is 5.73 Å². The van der Waals surface area contributed by atoms with Crippen molar-refractivity contribution in [2.75, 3.05) is 13.7 Å². The molecule has 19 heavy (non-hydrogen) atoms. The number of hydrogen-bond donors (Lipinski definition) is 1. The second-order valence-electron chi connectivity index (χ2n) is 5.50. The molecule has 0 aliphatic carbocycles. The largest absolute Gasteiger partial charge is 0.467 e. The Hall–Kier alpha value is -1.01. The van der Waals surface area contributed by atoms with Crippen molar-refractivity contribution in [1.29, 1.82) is 0 Å². The monoisotopic (exact) mass is 294 g/mol. The number of nitrogens with two attached hydrogens (primary N) is 1. The van der Waals surface area contributed by atoms with E-state index in [0.29, 0.717) is 19.4 Å². The molecule has 0 radical (unpaired) electrons. The van der Waals surface area contributed by atoms with Crippen LogP contribution in [0, 0.1) is 0 Å². The average molecular weight is 295 g/mol. The molecule has 0 unspecified atom stereocenters. The zero-order chi connectivity index (χ0) is 13.9. The molecule has 1 aliphatic rings. The fraction of sp³-hybridized carbons (Fsp3) is 0.833. The van der Waals surface area contributed by atoms with Gasteiger partial charge in [0.2, 0.25) is 0 Å². The van der Waals surface area contributed by atoms with Gasteiger partial charge in [-0.1, -0.05) is 0 Å². The van der Waals surface area contributed by atoms with Crippen molar-refractivity contribution in [3.05, 3.63) is 0 Å². The maximum absolute atomic E-state index is 12.0. The van der Waals surface area contributed by atoms with Crippen LogP contribution in [0.15, 0.2) is 0 Å². The third-order valence-electron chi connectivity index (χ3n) is 2.74. The Balaban J connectivity index is 0.00000324. The van der Waals surface area contributed by atoms with Crippen LogP contribution in [0.4, 0.5) is 4.79 Å². The standard InChI is InChI=1S/C12H22N2O4.ClH/c1-12(2,3)18-11(16)14-6-5-8(13)7-9(14)10(15)17-4;/h8-9H,5-7,13H2,1-4H3;1H/t8-,9-;/m1./s1. The zero-order valence-electron chi connectivity index (χ0n) is 11.8. The van der Waals surface area contributed by atoms with E-state index in [9.17, 15) is 9.59 Å². The summed E-state index contributed by atoms with van der Waals surface area (Å²) in [6, 6.07) is -0.735. The summed E-state index contributed by atoms with van der Waals surface area (Å²) in [4.78, 5) is 25.1. The first-order valence-corrected chi connectivity index (χ1v) is 6.07. The van der Waals surface area contributed by atoms with Gasteiger partial charge in [0, 0.05) is 12.6 Å². The summed E-state index contributed by atoms with van der Waals surface area (Å²) in [6.45, 7) is 5.77. The number of nitrogens with zero attached hydrogens (tertiary/aromatic N) is 1. The van der Waals surface area contributed by atoms with Gasteiger partial charge in [0.25, 0.3) is 0 Å². The predicted octanol–water partition coefficient (Wildman–Crippen LogP) is 1.31. The Bertz CT molecular complexity index is 330. The molecule has 112 valence electrons. The minimum atomic E-state index is -0.645. The number of likely N-dealkylation sites (tertiary alicyclic amines) is 1. The Morgan fingerprint density at radius 2 is 1.89 bits per heavy atom. The Morgan fingerprint density at radius 1 is 1.32 bits per heavy atom. The lowest BCUT2D eigenvalue weighted by Gasteiger charge is -2.37. The van der Waals surface area contributed by atoms with Crippen LogP contribution in [0.3, 0.4) is 0 Å². The number of ether oxygens (including phenoxy) is 2. The summed E-state index contributed by atoms with van der Waals surface area (Å²) in [5, 5.41) is 0. The van der Waals surface area contributed by atoms with Crippen molar-refractivity contribution < 1.29 is 19.1 Å². The molecule has 0 saturated carbocycles. The molecule has 0 aromatic rings. The summed E-state index contributed by atoms with van der Waals surface area (Å²) in [5.74, 6) is -0.448. The molecule has 1 aliphatic heterocycles. The van der Waals surface area contributed by atoms with E-state index in [4.69, 9.17) is 15.2 Å². The molecule has 0 aromatic heterocycles. The van der Waals surface area contributed by atoms with Crippen LogP contribution in [-0.2, 0) is 14.3 Å². The van der Waals surface area contributed by atoms with Crippen molar-refractivity contribution >= 4 is 24.5 Å². The van der Waals surface area contributed by atoms with Crippen LogP contribution in [0.25, 0.3) is 0 Å². The number of esters is 1. The molecule has 1 rings (SSSR count). The SMILES string of the molecule is COC(=O)[C@H]1C[C@H](N)CCN1C(=O)OC(C)(C)C.Cl. The first-order valence-electron chi connectivity index (χ1n) is 6.07. The van der Waals surface area contributed by atoms with Gasteiger partial charge in [0.05, 0.1) is 7.11 Å². The molecule has 1 fully saturated rings. The summed E-state index contributed by atoms with van der Waals surface area (Å²) in [6.07, 6.45) is 0.573. The molecule has 1 amide bonds. The van der Waals surface area contributed by atoms with E-state index in [1.54, 1.807) is 20.8 Å². The number of carbonyl (C=O) groups is 2. The highest BCUT2D eigenvalue weighted by molar-refractivity contribution is 5.85. The molecule has 0 aromatic carbocycles. The molecule has 1 saturated heterocycles. The summed E-state index contributed by atoms with van der Waals surface area (Å²) in [5.41, 5.74) is 5.23. The van der Waals surface area contributed by atoms with Crippen molar-refractivity contribution in [1.82, 2.24) is 4.90 Å². The number of methoxy groups -OCH3 is 1. The molecule has 2 atom stereocenters. The summed E-state index contributed by atoms with van der Waals surface area (Å²) < 4.78 is 9.98. The van der Waals surface area contributed by atoms with Gasteiger partial charge in [0.1, 0.15) is 11.6 Å². The van der Waals surface area contributed by atoms with Crippen molar-refractivity contribution in [3.63, 3.8) is 0 Å². The van der Waals surface area contributed by atoms with Crippen LogP contribution in [-0.4, -0.2) is 48.3 Å². The summed E-state index contributed by atoms with van der Waals surface area (Å²) in [7, 11) is 1.30. The third kappa shape index (κ3) is 5.24. The fourth-order valence-electron chi connectivity index (χ4n) is 1.89. The van der Waals surface area contributed by atoms with E-state index in [-0.39, 0.29) is 18.4 Å². The van der Waals surface area contributed by atoms with Crippen molar-refractivity contribution in [2.24, 2.45) is 5.73 Å². The third-order valence-corrected chi connectivity index (χ3v) is 2.74. The van der Waals surface area contributed by atoms with E-state index in [1.807, 2.05) is 0 Å². The van der Waals surface area contributed by atoms with Gasteiger partial charge >= 0.3 is 12.1 Å². The van der Waals surface area contributed by atoms with E-state index >= 15 is 0 Å². The van der Waals surface area contributed by atoms with Crippen LogP contribution in [0.1, 0.15) is 33.6 Å². The zero-order valence-corrected chi connectivity index (χ0v) is 12.7. The lowest BCUT2D eigenvalue weighted by molar-refractivity contribution is -0.148. The van der Waals surface area contributed by atoms with Gasteiger partial charge in [-0.15, -0.1) is 12.4 Å². The quantitative estimate of drug-likeness (QED) is 0.737. The Labute approximate surface area is 120 Å². The van der Waals surface area contributed by atoms with Crippen LogP contribution in [0.5, 0.6) is 0 Å². The number of amides is 1. The molecule has 1 heterocycles. The molecule has 0 bridgehead atoms. The second-order valence-corrected chi connectivity index (χ2v) is 5.50. The Morgan fingerprint density at radius 3 is 2.37 bits per heavy atom. The number of halogens is 1. The highest BCUT2D eigenvalue weighted by atomic mass is 35.5. The van der Waals surface area contributed by atoms with Gasteiger partial charge in [0.15, 0.2) is 0 Å². The van der Waals surface area contributed by atoms with Gasteiger partial charge in [-0.2, -0.15) is 0 Å². The molecular weight excluding hydrogens is 272 g/mol. The fourth-order valence-corrected chi connectivity index (χ4v) is 1.89. The Kier molecular flexibility index (Phi) is 6.59. The van der Waals surface area contributed by atoms with Crippen molar-refractivity contribution in [2.45, 2.75) is 51.3 Å². The highest BCUT2D eigenvalue weighted by Gasteiger charge is 2.37. The second kappa shape index (κ2) is 6.96. The summed E-state index contributed by atoms with van der Waals surface area (Å²) >= 11 is 0. The molecule has 7 heteroatoms. The molecule has 6 nitrogen and oxygen atoms in total. The van der Waals surface area contributed by atoms with Crippen LogP contribution >= 0.6 is 12.4 Å². The van der Waals surface area contributed by atoms with Gasteiger partial charge < -0.3 is 15.2 Å². The minimum absolute atomic E-state index is 0. The maximum Gasteiger partial charge on any atom is 0.411 e. The van der Waals surface area contributed by atoms with E-state index in [2.05, 4.69) is 0 Å². The lowest BCUT2D eigenvalue weighted by atomic mass is 9.98. The van der Waals surface area contributed by atoms with Crippen LogP contribution in [0.2, 0.25) is 0 Å².